The molecule has 1 aromatic rings. The number of aliphatic carboxylic acids is 1. The van der Waals surface area contributed by atoms with Gasteiger partial charge in [-0.2, -0.15) is 0 Å². The molecule has 134 valence electrons. The highest BCUT2D eigenvalue weighted by atomic mass is 19.1. The molecule has 0 amide bonds. The molecule has 3 N–H and O–H groups in total. The molecule has 2 aliphatic rings. The van der Waals surface area contributed by atoms with Gasteiger partial charge in [-0.05, 0) is 62.4 Å². The number of hydrogen-bond acceptors (Lipinski definition) is 5. The van der Waals surface area contributed by atoms with Gasteiger partial charge < -0.3 is 20.5 Å². The quantitative estimate of drug-likeness (QED) is 0.396. The number of piperidine rings is 1. The minimum absolute atomic E-state index is 0.0616. The first kappa shape index (κ1) is 17.5. The van der Waals surface area contributed by atoms with Crippen molar-refractivity contribution in [3.63, 3.8) is 0 Å². The van der Waals surface area contributed by atoms with Crippen molar-refractivity contribution in [3.05, 3.63) is 29.1 Å². The summed E-state index contributed by atoms with van der Waals surface area (Å²) in [5.74, 6) is -4.69. The van der Waals surface area contributed by atoms with Gasteiger partial charge in [0, 0.05) is 17.3 Å². The van der Waals surface area contributed by atoms with E-state index < -0.39 is 23.5 Å². The van der Waals surface area contributed by atoms with E-state index in [2.05, 4.69) is 10.6 Å². The van der Waals surface area contributed by atoms with E-state index in [4.69, 9.17) is 5.11 Å². The van der Waals surface area contributed by atoms with Crippen LogP contribution in [0.25, 0.3) is 0 Å². The molecule has 25 heavy (non-hydrogen) atoms. The number of carbonyl (C=O) groups excluding carboxylic acids is 2. The molecule has 1 saturated carbocycles. The van der Waals surface area contributed by atoms with Crippen LogP contribution in [0.2, 0.25) is 0 Å². The standard InChI is InChI=1S/C18H21FN2O4/c19-15-7-13(17(23)14(9-22)18(24)25)16(21-11-1-2-11)8-12(15)10-3-5-20-6-4-10/h7-11,14,20-21H,1-6H2,(H,24,25). The molecule has 1 atom stereocenters. The van der Waals surface area contributed by atoms with E-state index in [1.807, 2.05) is 0 Å². The normalized spacial score (nSPS) is 19.2. The zero-order chi connectivity index (χ0) is 18.0. The summed E-state index contributed by atoms with van der Waals surface area (Å²) in [6, 6.07) is 2.92. The molecule has 0 spiro atoms. The highest BCUT2D eigenvalue weighted by molar-refractivity contribution is 6.19. The molecule has 0 radical (unpaired) electrons. The Morgan fingerprint density at radius 2 is 1.92 bits per heavy atom. The Balaban J connectivity index is 1.98. The zero-order valence-corrected chi connectivity index (χ0v) is 13.8. The summed E-state index contributed by atoms with van der Waals surface area (Å²) in [5.41, 5.74) is 0.899. The van der Waals surface area contributed by atoms with Crippen LogP contribution in [0.1, 0.15) is 47.5 Å². The largest absolute Gasteiger partial charge is 0.480 e. The highest BCUT2D eigenvalue weighted by Gasteiger charge is 2.32. The van der Waals surface area contributed by atoms with Crippen molar-refractivity contribution in [1.82, 2.24) is 5.32 Å². The summed E-state index contributed by atoms with van der Waals surface area (Å²) in [7, 11) is 0. The van der Waals surface area contributed by atoms with Gasteiger partial charge in [-0.1, -0.05) is 0 Å². The number of anilines is 1. The minimum atomic E-state index is -1.82. The molecular weight excluding hydrogens is 327 g/mol. The van der Waals surface area contributed by atoms with Crippen molar-refractivity contribution in [3.8, 4) is 0 Å². The third kappa shape index (κ3) is 3.87. The van der Waals surface area contributed by atoms with Crippen LogP contribution < -0.4 is 10.6 Å². The number of carbonyl (C=O) groups is 3. The third-order valence-corrected chi connectivity index (χ3v) is 4.80. The molecule has 0 bridgehead atoms. The average Bonchev–Trinajstić information content (AvgIpc) is 3.41. The van der Waals surface area contributed by atoms with Gasteiger partial charge in [-0.3, -0.25) is 9.59 Å². The topological polar surface area (TPSA) is 95.5 Å². The maximum Gasteiger partial charge on any atom is 0.321 e. The number of ketones is 1. The number of Topliss-reactive ketones (excluding diaryl/α,β-unsaturated/α-hetero) is 1. The molecule has 1 saturated heterocycles. The van der Waals surface area contributed by atoms with Crippen LogP contribution in [0.5, 0.6) is 0 Å². The first-order valence-corrected chi connectivity index (χ1v) is 8.54. The zero-order valence-electron chi connectivity index (χ0n) is 13.8. The van der Waals surface area contributed by atoms with Crippen LogP contribution in [0.15, 0.2) is 12.1 Å². The Morgan fingerprint density at radius 1 is 1.24 bits per heavy atom. The molecule has 1 aliphatic carbocycles. The smallest absolute Gasteiger partial charge is 0.321 e. The molecule has 1 aliphatic heterocycles. The molecule has 6 nitrogen and oxygen atoms in total. The first-order chi connectivity index (χ1) is 12.0. The van der Waals surface area contributed by atoms with E-state index in [9.17, 15) is 18.8 Å². The van der Waals surface area contributed by atoms with Crippen molar-refractivity contribution in [2.24, 2.45) is 5.92 Å². The number of carboxylic acid groups (broad SMARTS) is 1. The summed E-state index contributed by atoms with van der Waals surface area (Å²) >= 11 is 0. The SMILES string of the molecule is O=CC(C(=O)O)C(=O)c1cc(F)c(C2CCNCC2)cc1NC1CC1. The fraction of sp³-hybridized carbons (Fsp3) is 0.500. The van der Waals surface area contributed by atoms with Crippen LogP contribution in [0.3, 0.4) is 0 Å². The van der Waals surface area contributed by atoms with Crippen LogP contribution in [-0.4, -0.2) is 42.3 Å². The third-order valence-electron chi connectivity index (χ3n) is 4.80. The number of hydrogen-bond donors (Lipinski definition) is 3. The summed E-state index contributed by atoms with van der Waals surface area (Å²) in [6.45, 7) is 1.62. The van der Waals surface area contributed by atoms with Crippen LogP contribution >= 0.6 is 0 Å². The Morgan fingerprint density at radius 3 is 2.48 bits per heavy atom. The van der Waals surface area contributed by atoms with Crippen molar-refractivity contribution in [2.45, 2.75) is 37.6 Å². The number of benzene rings is 1. The molecule has 1 heterocycles. The van der Waals surface area contributed by atoms with Gasteiger partial charge in [0.05, 0.1) is 0 Å². The number of rotatable bonds is 7. The molecule has 7 heteroatoms. The molecule has 1 aromatic carbocycles. The number of nitrogens with one attached hydrogen (secondary N) is 2. The lowest BCUT2D eigenvalue weighted by Gasteiger charge is -2.25. The van der Waals surface area contributed by atoms with Crippen molar-refractivity contribution >= 4 is 23.7 Å². The summed E-state index contributed by atoms with van der Waals surface area (Å²) < 4.78 is 14.7. The predicted molar refractivity (Wildman–Crippen MR) is 89.4 cm³/mol. The van der Waals surface area contributed by atoms with Crippen molar-refractivity contribution < 1.29 is 23.9 Å². The van der Waals surface area contributed by atoms with Crippen LogP contribution in [0.4, 0.5) is 10.1 Å². The van der Waals surface area contributed by atoms with E-state index in [1.54, 1.807) is 6.07 Å². The maximum atomic E-state index is 14.7. The maximum absolute atomic E-state index is 14.7. The molecule has 0 aromatic heterocycles. The summed E-state index contributed by atoms with van der Waals surface area (Å²) in [4.78, 5) is 34.6. The van der Waals surface area contributed by atoms with Gasteiger partial charge in [0.15, 0.2) is 11.7 Å². The second-order valence-corrected chi connectivity index (χ2v) is 6.68. The molecular formula is C18H21FN2O4. The first-order valence-electron chi connectivity index (χ1n) is 8.54. The second-order valence-electron chi connectivity index (χ2n) is 6.68. The number of aldehydes is 1. The average molecular weight is 348 g/mol. The highest BCUT2D eigenvalue weighted by Crippen LogP contribution is 2.34. The van der Waals surface area contributed by atoms with E-state index in [-0.39, 0.29) is 23.8 Å². The molecule has 3 rings (SSSR count). The Bertz CT molecular complexity index is 697. The van der Waals surface area contributed by atoms with E-state index in [0.717, 1.165) is 44.8 Å². The van der Waals surface area contributed by atoms with Crippen molar-refractivity contribution in [2.75, 3.05) is 18.4 Å². The van der Waals surface area contributed by atoms with Gasteiger partial charge in [0.1, 0.15) is 12.1 Å². The lowest BCUT2D eigenvalue weighted by atomic mass is 9.87. The van der Waals surface area contributed by atoms with Gasteiger partial charge in [-0.25, -0.2) is 4.39 Å². The summed E-state index contributed by atoms with van der Waals surface area (Å²) in [5, 5.41) is 15.5. The van der Waals surface area contributed by atoms with Gasteiger partial charge >= 0.3 is 5.97 Å². The Kier molecular flexibility index (Phi) is 5.13. The van der Waals surface area contributed by atoms with Crippen LogP contribution in [0, 0.1) is 11.7 Å². The van der Waals surface area contributed by atoms with Gasteiger partial charge in [-0.15, -0.1) is 0 Å². The van der Waals surface area contributed by atoms with Gasteiger partial charge in [0.25, 0.3) is 0 Å². The van der Waals surface area contributed by atoms with Gasteiger partial charge in [0.2, 0.25) is 0 Å². The fourth-order valence-corrected chi connectivity index (χ4v) is 3.21. The fourth-order valence-electron chi connectivity index (χ4n) is 3.21. The Hall–Kier alpha value is -2.28. The summed E-state index contributed by atoms with van der Waals surface area (Å²) in [6.07, 6.45) is 3.59. The Labute approximate surface area is 144 Å². The van der Waals surface area contributed by atoms with E-state index >= 15 is 0 Å². The molecule has 1 unspecified atom stereocenters. The number of halogens is 1. The molecule has 2 fully saturated rings. The van der Waals surface area contributed by atoms with Crippen molar-refractivity contribution in [1.29, 1.82) is 0 Å². The minimum Gasteiger partial charge on any atom is -0.480 e. The predicted octanol–water partition coefficient (Wildman–Crippen LogP) is 1.95. The van der Waals surface area contributed by atoms with E-state index in [0.29, 0.717) is 11.3 Å². The monoisotopic (exact) mass is 348 g/mol. The number of carboxylic acids is 1. The van der Waals surface area contributed by atoms with Crippen LogP contribution in [-0.2, 0) is 9.59 Å². The second kappa shape index (κ2) is 7.31. The lowest BCUT2D eigenvalue weighted by Crippen LogP contribution is -2.28. The lowest BCUT2D eigenvalue weighted by molar-refractivity contribution is -0.141. The van der Waals surface area contributed by atoms with E-state index in [1.165, 1.54) is 0 Å².